The average Bonchev–Trinajstić information content (AvgIpc) is 3.22. The Balaban J connectivity index is 1.51. The number of para-hydroxylation sites is 1. The van der Waals surface area contributed by atoms with Crippen molar-refractivity contribution in [3.63, 3.8) is 0 Å². The van der Waals surface area contributed by atoms with Gasteiger partial charge in [-0.05, 0) is 43.3 Å². The summed E-state index contributed by atoms with van der Waals surface area (Å²) < 4.78 is 1.06. The van der Waals surface area contributed by atoms with Gasteiger partial charge in [-0.2, -0.15) is 0 Å². The van der Waals surface area contributed by atoms with Crippen LogP contribution < -0.4 is 5.32 Å². The SMILES string of the molecule is Cc1ccc2nc3sc(C(=O)Nc4nc5ccccc5s4)cc3cc2c1. The number of aryl methyl sites for hydroxylation is 1. The lowest BCUT2D eigenvalue weighted by molar-refractivity contribution is 0.103. The Morgan fingerprint density at radius 1 is 0.923 bits per heavy atom. The summed E-state index contributed by atoms with van der Waals surface area (Å²) in [5.41, 5.74) is 3.04. The van der Waals surface area contributed by atoms with Gasteiger partial charge in [0.15, 0.2) is 5.13 Å². The van der Waals surface area contributed by atoms with E-state index < -0.39 is 0 Å². The van der Waals surface area contributed by atoms with Crippen LogP contribution in [0.25, 0.3) is 31.3 Å². The zero-order valence-corrected chi connectivity index (χ0v) is 15.4. The smallest absolute Gasteiger partial charge is 0.267 e. The molecule has 0 saturated carbocycles. The zero-order chi connectivity index (χ0) is 17.7. The van der Waals surface area contributed by atoms with E-state index in [2.05, 4.69) is 40.4 Å². The number of rotatable bonds is 2. The van der Waals surface area contributed by atoms with Gasteiger partial charge in [0.1, 0.15) is 4.83 Å². The molecule has 4 nitrogen and oxygen atoms in total. The number of fused-ring (bicyclic) bond motifs is 3. The quantitative estimate of drug-likeness (QED) is 0.436. The molecule has 0 aliphatic rings. The van der Waals surface area contributed by atoms with Gasteiger partial charge in [-0.25, -0.2) is 9.97 Å². The van der Waals surface area contributed by atoms with E-state index in [1.807, 2.05) is 36.4 Å². The number of anilines is 1. The summed E-state index contributed by atoms with van der Waals surface area (Å²) in [6, 6.07) is 18.0. The van der Waals surface area contributed by atoms with Crippen LogP contribution >= 0.6 is 22.7 Å². The molecule has 2 aromatic carbocycles. The maximum atomic E-state index is 12.6. The van der Waals surface area contributed by atoms with Crippen molar-refractivity contribution in [2.24, 2.45) is 0 Å². The fraction of sp³-hybridized carbons (Fsp3) is 0.0500. The molecule has 5 rings (SSSR count). The second-order valence-electron chi connectivity index (χ2n) is 6.13. The van der Waals surface area contributed by atoms with Gasteiger partial charge in [-0.15, -0.1) is 11.3 Å². The first-order valence-electron chi connectivity index (χ1n) is 8.14. The van der Waals surface area contributed by atoms with E-state index in [1.165, 1.54) is 28.2 Å². The summed E-state index contributed by atoms with van der Waals surface area (Å²) in [5, 5.41) is 5.60. The van der Waals surface area contributed by atoms with Crippen molar-refractivity contribution < 1.29 is 4.79 Å². The van der Waals surface area contributed by atoms with Gasteiger partial charge in [0.05, 0.1) is 20.6 Å². The number of hydrogen-bond donors (Lipinski definition) is 1. The molecule has 0 radical (unpaired) electrons. The highest BCUT2D eigenvalue weighted by Crippen LogP contribution is 2.30. The van der Waals surface area contributed by atoms with Gasteiger partial charge in [-0.1, -0.05) is 35.1 Å². The lowest BCUT2D eigenvalue weighted by Crippen LogP contribution is -2.09. The van der Waals surface area contributed by atoms with Crippen LogP contribution in [0.4, 0.5) is 5.13 Å². The average molecular weight is 375 g/mol. The minimum atomic E-state index is -0.146. The van der Waals surface area contributed by atoms with Crippen LogP contribution in [0, 0.1) is 6.92 Å². The molecule has 0 spiro atoms. The third-order valence-corrected chi connectivity index (χ3v) is 6.19. The Morgan fingerprint density at radius 2 is 1.81 bits per heavy atom. The lowest BCUT2D eigenvalue weighted by Gasteiger charge is -1.98. The molecule has 1 N–H and O–H groups in total. The van der Waals surface area contributed by atoms with Crippen molar-refractivity contribution in [3.8, 4) is 0 Å². The van der Waals surface area contributed by atoms with Crippen molar-refractivity contribution in [3.05, 3.63) is 65.0 Å². The second kappa shape index (κ2) is 5.86. The maximum Gasteiger partial charge on any atom is 0.267 e. The molecule has 0 fully saturated rings. The number of amides is 1. The highest BCUT2D eigenvalue weighted by molar-refractivity contribution is 7.22. The van der Waals surface area contributed by atoms with Crippen LogP contribution in [0.1, 0.15) is 15.2 Å². The highest BCUT2D eigenvalue weighted by Gasteiger charge is 2.14. The molecular formula is C20H13N3OS2. The maximum absolute atomic E-state index is 12.6. The van der Waals surface area contributed by atoms with Crippen LogP contribution in [0.2, 0.25) is 0 Å². The van der Waals surface area contributed by atoms with Gasteiger partial charge in [-0.3, -0.25) is 10.1 Å². The van der Waals surface area contributed by atoms with Crippen LogP contribution in [0.15, 0.2) is 54.6 Å². The summed E-state index contributed by atoms with van der Waals surface area (Å²) >= 11 is 2.88. The molecule has 6 heteroatoms. The molecule has 3 aromatic heterocycles. The van der Waals surface area contributed by atoms with Crippen molar-refractivity contribution in [2.75, 3.05) is 5.32 Å². The van der Waals surface area contributed by atoms with E-state index in [-0.39, 0.29) is 5.91 Å². The number of hydrogen-bond acceptors (Lipinski definition) is 5. The van der Waals surface area contributed by atoms with E-state index in [9.17, 15) is 4.79 Å². The van der Waals surface area contributed by atoms with Crippen molar-refractivity contribution >= 4 is 65.0 Å². The summed E-state index contributed by atoms with van der Waals surface area (Å²) in [7, 11) is 0. The van der Waals surface area contributed by atoms with Gasteiger partial charge in [0.2, 0.25) is 0 Å². The Kier molecular flexibility index (Phi) is 3.48. The molecule has 26 heavy (non-hydrogen) atoms. The number of aromatic nitrogens is 2. The van der Waals surface area contributed by atoms with E-state index in [1.54, 1.807) is 0 Å². The van der Waals surface area contributed by atoms with Crippen LogP contribution in [-0.2, 0) is 0 Å². The fourth-order valence-electron chi connectivity index (χ4n) is 2.95. The number of nitrogens with zero attached hydrogens (tertiary/aromatic N) is 2. The highest BCUT2D eigenvalue weighted by atomic mass is 32.1. The Labute approximate surface area is 157 Å². The van der Waals surface area contributed by atoms with Gasteiger partial charge < -0.3 is 0 Å². The molecule has 5 aromatic rings. The standard InChI is InChI=1S/C20H13N3OS2/c1-11-6-7-14-12(8-11)9-13-10-17(25-19(13)21-14)18(24)23-20-22-15-4-2-3-5-16(15)26-20/h2-10H,1H3,(H,22,23,24). The predicted molar refractivity (Wildman–Crippen MR) is 109 cm³/mol. The number of pyridine rings is 1. The number of benzene rings is 2. The number of thiophene rings is 1. The molecule has 3 heterocycles. The van der Waals surface area contributed by atoms with Gasteiger partial charge >= 0.3 is 0 Å². The topological polar surface area (TPSA) is 54.9 Å². The molecule has 0 unspecified atom stereocenters. The molecule has 0 bridgehead atoms. The zero-order valence-electron chi connectivity index (χ0n) is 13.8. The van der Waals surface area contributed by atoms with Crippen molar-refractivity contribution in [1.29, 1.82) is 0 Å². The summed E-state index contributed by atoms with van der Waals surface area (Å²) in [6.45, 7) is 2.06. The minimum absolute atomic E-state index is 0.146. The van der Waals surface area contributed by atoms with E-state index >= 15 is 0 Å². The third kappa shape index (κ3) is 2.64. The van der Waals surface area contributed by atoms with E-state index in [0.29, 0.717) is 10.0 Å². The van der Waals surface area contributed by atoms with Crippen molar-refractivity contribution in [2.45, 2.75) is 6.92 Å². The first-order valence-corrected chi connectivity index (χ1v) is 9.77. The second-order valence-corrected chi connectivity index (χ2v) is 8.19. The minimum Gasteiger partial charge on any atom is -0.297 e. The van der Waals surface area contributed by atoms with Gasteiger partial charge in [0, 0.05) is 10.8 Å². The van der Waals surface area contributed by atoms with Crippen molar-refractivity contribution in [1.82, 2.24) is 9.97 Å². The number of nitrogens with one attached hydrogen (secondary N) is 1. The summed E-state index contributed by atoms with van der Waals surface area (Å²) in [6.07, 6.45) is 0. The summed E-state index contributed by atoms with van der Waals surface area (Å²) in [5.74, 6) is -0.146. The van der Waals surface area contributed by atoms with E-state index in [0.717, 1.165) is 31.3 Å². The number of thiazole rings is 1. The first kappa shape index (κ1) is 15.4. The third-order valence-electron chi connectivity index (χ3n) is 4.19. The molecule has 1 amide bonds. The van der Waals surface area contributed by atoms with Crippen LogP contribution in [0.3, 0.4) is 0 Å². The fourth-order valence-corrected chi connectivity index (χ4v) is 4.73. The molecule has 0 aliphatic carbocycles. The molecule has 0 aliphatic heterocycles. The molecular weight excluding hydrogens is 362 g/mol. The Morgan fingerprint density at radius 3 is 2.69 bits per heavy atom. The Bertz CT molecular complexity index is 1270. The lowest BCUT2D eigenvalue weighted by atomic mass is 10.1. The normalized spacial score (nSPS) is 11.4. The van der Waals surface area contributed by atoms with Crippen LogP contribution in [0.5, 0.6) is 0 Å². The monoisotopic (exact) mass is 375 g/mol. The van der Waals surface area contributed by atoms with E-state index in [4.69, 9.17) is 0 Å². The number of carbonyl (C=O) groups excluding carboxylic acids is 1. The van der Waals surface area contributed by atoms with Gasteiger partial charge in [0.25, 0.3) is 5.91 Å². The Hall–Kier alpha value is -2.83. The van der Waals surface area contributed by atoms with Crippen LogP contribution in [-0.4, -0.2) is 15.9 Å². The first-order chi connectivity index (χ1) is 12.7. The summed E-state index contributed by atoms with van der Waals surface area (Å²) in [4.78, 5) is 23.3. The molecule has 126 valence electrons. The molecule has 0 atom stereocenters. The predicted octanol–water partition coefficient (Wildman–Crippen LogP) is 5.62. The molecule has 0 saturated heterocycles. The largest absolute Gasteiger partial charge is 0.297 e. The number of carbonyl (C=O) groups is 1.